The van der Waals surface area contributed by atoms with E-state index >= 15 is 0 Å². The van der Waals surface area contributed by atoms with Crippen LogP contribution < -0.4 is 10.2 Å². The molecule has 13 heteroatoms. The average Bonchev–Trinajstić information content (AvgIpc) is 2.90. The van der Waals surface area contributed by atoms with E-state index in [0.717, 1.165) is 23.9 Å². The second-order valence-corrected chi connectivity index (χ2v) is 10.2. The molecule has 206 valence electrons. The van der Waals surface area contributed by atoms with E-state index in [9.17, 15) is 27.2 Å². The van der Waals surface area contributed by atoms with Crippen molar-refractivity contribution in [2.45, 2.75) is 30.8 Å². The summed E-state index contributed by atoms with van der Waals surface area (Å²) in [5.74, 6) is -0.906. The summed E-state index contributed by atoms with van der Waals surface area (Å²) in [6.07, 6.45) is -4.46. The number of halogens is 5. The maximum atomic E-state index is 14.1. The number of nitrogens with one attached hydrogen (secondary N) is 1. The zero-order valence-electron chi connectivity index (χ0n) is 20.7. The van der Waals surface area contributed by atoms with Gasteiger partial charge in [0.2, 0.25) is 5.91 Å². The van der Waals surface area contributed by atoms with Gasteiger partial charge in [-0.05, 0) is 36.8 Å². The summed E-state index contributed by atoms with van der Waals surface area (Å²) in [4.78, 5) is 37.4. The molecule has 1 N–H and O–H groups in total. The van der Waals surface area contributed by atoms with E-state index in [1.54, 1.807) is 17.0 Å². The van der Waals surface area contributed by atoms with Gasteiger partial charge in [0, 0.05) is 38.3 Å². The Morgan fingerprint density at radius 1 is 1.10 bits per heavy atom. The van der Waals surface area contributed by atoms with Crippen molar-refractivity contribution < 1.29 is 27.2 Å². The maximum absolute atomic E-state index is 14.1. The third-order valence-electron chi connectivity index (χ3n) is 6.05. The summed E-state index contributed by atoms with van der Waals surface area (Å²) < 4.78 is 52.8. The molecule has 7 nitrogen and oxygen atoms in total. The van der Waals surface area contributed by atoms with Crippen molar-refractivity contribution in [3.63, 3.8) is 0 Å². The Balaban J connectivity index is 1.33. The number of benzene rings is 2. The van der Waals surface area contributed by atoms with Crippen LogP contribution in [0.4, 0.5) is 23.4 Å². The van der Waals surface area contributed by atoms with Crippen LogP contribution in [0, 0.1) is 5.82 Å². The van der Waals surface area contributed by atoms with Crippen LogP contribution in [-0.2, 0) is 17.5 Å². The van der Waals surface area contributed by atoms with Crippen LogP contribution in [0.15, 0.2) is 59.8 Å². The molecule has 1 aliphatic rings. The van der Waals surface area contributed by atoms with Gasteiger partial charge in [0.1, 0.15) is 16.8 Å². The molecule has 1 aliphatic heterocycles. The van der Waals surface area contributed by atoms with E-state index in [2.05, 4.69) is 15.3 Å². The Morgan fingerprint density at radius 3 is 2.59 bits per heavy atom. The molecule has 2 aromatic carbocycles. The Kier molecular flexibility index (Phi) is 8.96. The normalized spacial score (nSPS) is 15.8. The zero-order chi connectivity index (χ0) is 28.2. The molecule has 0 spiro atoms. The first-order valence-electron chi connectivity index (χ1n) is 11.9. The Labute approximate surface area is 231 Å². The number of alkyl halides is 3. The minimum Gasteiger partial charge on any atom is -0.353 e. The lowest BCUT2D eigenvalue weighted by molar-refractivity contribution is -0.137. The van der Waals surface area contributed by atoms with E-state index < -0.39 is 23.5 Å². The first-order chi connectivity index (χ1) is 18.5. The number of amides is 2. The first kappa shape index (κ1) is 28.6. The van der Waals surface area contributed by atoms with E-state index in [1.165, 1.54) is 30.3 Å². The van der Waals surface area contributed by atoms with Gasteiger partial charge >= 0.3 is 6.18 Å². The van der Waals surface area contributed by atoms with Crippen molar-refractivity contribution in [1.29, 1.82) is 0 Å². The molecule has 1 unspecified atom stereocenters. The topological polar surface area (TPSA) is 78.4 Å². The second kappa shape index (κ2) is 12.2. The number of nitrogens with zero attached hydrogens (tertiary/aromatic N) is 4. The number of hydrogen-bond donors (Lipinski definition) is 1. The van der Waals surface area contributed by atoms with Crippen LogP contribution in [0.25, 0.3) is 0 Å². The van der Waals surface area contributed by atoms with Gasteiger partial charge in [-0.3, -0.25) is 9.59 Å². The summed E-state index contributed by atoms with van der Waals surface area (Å²) in [5.41, 5.74) is -0.436. The summed E-state index contributed by atoms with van der Waals surface area (Å²) in [6.45, 7) is 3.00. The summed E-state index contributed by atoms with van der Waals surface area (Å²) in [6, 6.07) is 11.9. The molecule has 0 radical (unpaired) electrons. The van der Waals surface area contributed by atoms with Gasteiger partial charge in [-0.15, -0.1) is 0 Å². The molecule has 39 heavy (non-hydrogen) atoms. The highest BCUT2D eigenvalue weighted by molar-refractivity contribution is 7.99. The van der Waals surface area contributed by atoms with Gasteiger partial charge in [0.05, 0.1) is 16.9 Å². The zero-order valence-corrected chi connectivity index (χ0v) is 22.3. The monoisotopic (exact) mass is 581 g/mol. The second-order valence-electron chi connectivity index (χ2n) is 8.87. The third-order valence-corrected chi connectivity index (χ3v) is 7.09. The molecule has 1 aromatic heterocycles. The largest absolute Gasteiger partial charge is 0.416 e. The van der Waals surface area contributed by atoms with E-state index in [4.69, 9.17) is 11.6 Å². The lowest BCUT2D eigenvalue weighted by Crippen LogP contribution is -2.54. The number of thioether (sulfide) groups is 1. The summed E-state index contributed by atoms with van der Waals surface area (Å²) in [5, 5.41) is 3.01. The molecule has 0 aliphatic carbocycles. The molecular formula is C26H24ClF4N5O2S. The van der Waals surface area contributed by atoms with Crippen molar-refractivity contribution in [2.75, 3.05) is 30.3 Å². The molecule has 4 rings (SSSR count). The Hall–Kier alpha value is -3.38. The predicted molar refractivity (Wildman–Crippen MR) is 140 cm³/mol. The fourth-order valence-corrected chi connectivity index (χ4v) is 5.02. The van der Waals surface area contributed by atoms with Gasteiger partial charge in [0.15, 0.2) is 5.16 Å². The van der Waals surface area contributed by atoms with Crippen LogP contribution in [0.1, 0.15) is 28.4 Å². The highest BCUT2D eigenvalue weighted by Crippen LogP contribution is 2.29. The van der Waals surface area contributed by atoms with Crippen molar-refractivity contribution in [1.82, 2.24) is 20.2 Å². The number of rotatable bonds is 7. The van der Waals surface area contributed by atoms with E-state index in [1.807, 2.05) is 11.8 Å². The number of carbonyl (C=O) groups is 2. The molecule has 1 fully saturated rings. The fraction of sp³-hybridized carbons (Fsp3) is 0.308. The third kappa shape index (κ3) is 7.39. The molecular weight excluding hydrogens is 558 g/mol. The van der Waals surface area contributed by atoms with E-state index in [-0.39, 0.29) is 40.1 Å². The Morgan fingerprint density at radius 2 is 1.87 bits per heavy atom. The van der Waals surface area contributed by atoms with Crippen LogP contribution in [0.5, 0.6) is 0 Å². The molecule has 2 heterocycles. The Bertz CT molecular complexity index is 1360. The number of carbonyl (C=O) groups excluding carboxylic acids is 2. The molecule has 1 atom stereocenters. The van der Waals surface area contributed by atoms with Gasteiger partial charge in [-0.1, -0.05) is 47.6 Å². The van der Waals surface area contributed by atoms with Crippen LogP contribution in [0.2, 0.25) is 5.15 Å². The van der Waals surface area contributed by atoms with Crippen LogP contribution >= 0.6 is 23.4 Å². The van der Waals surface area contributed by atoms with Gasteiger partial charge in [-0.2, -0.15) is 13.2 Å². The quantitative estimate of drug-likeness (QED) is 0.182. The summed E-state index contributed by atoms with van der Waals surface area (Å²) >= 11 is 7.24. The number of anilines is 1. The van der Waals surface area contributed by atoms with Crippen LogP contribution in [-0.4, -0.2) is 58.1 Å². The number of piperazine rings is 1. The summed E-state index contributed by atoms with van der Waals surface area (Å²) in [7, 11) is 0. The number of hydrogen-bond acceptors (Lipinski definition) is 6. The highest BCUT2D eigenvalue weighted by atomic mass is 35.5. The fourth-order valence-electron chi connectivity index (χ4n) is 4.11. The lowest BCUT2D eigenvalue weighted by atomic mass is 10.1. The molecule has 2 amide bonds. The van der Waals surface area contributed by atoms with Crippen molar-refractivity contribution in [3.8, 4) is 0 Å². The minimum atomic E-state index is -4.46. The maximum Gasteiger partial charge on any atom is 0.416 e. The van der Waals surface area contributed by atoms with E-state index in [0.29, 0.717) is 31.0 Å². The molecule has 1 saturated heterocycles. The van der Waals surface area contributed by atoms with Crippen molar-refractivity contribution >= 4 is 41.0 Å². The smallest absolute Gasteiger partial charge is 0.353 e. The average molecular weight is 582 g/mol. The molecule has 0 saturated carbocycles. The SMILES string of the molecule is CC1CN(c2cc(Cl)nc(SCC(=O)NCc3cccc(C(F)(F)F)c3)n2)CCN1C(=O)c1ccccc1F. The first-order valence-corrected chi connectivity index (χ1v) is 13.3. The highest BCUT2D eigenvalue weighted by Gasteiger charge is 2.31. The van der Waals surface area contributed by atoms with Gasteiger partial charge in [0.25, 0.3) is 5.91 Å². The van der Waals surface area contributed by atoms with Crippen molar-refractivity contribution in [3.05, 3.63) is 82.3 Å². The molecule has 0 bridgehead atoms. The molecule has 3 aromatic rings. The van der Waals surface area contributed by atoms with Crippen LogP contribution in [0.3, 0.4) is 0 Å². The number of aromatic nitrogens is 2. The van der Waals surface area contributed by atoms with Gasteiger partial charge < -0.3 is 15.1 Å². The predicted octanol–water partition coefficient (Wildman–Crippen LogP) is 5.05. The van der Waals surface area contributed by atoms with Gasteiger partial charge in [-0.25, -0.2) is 14.4 Å². The lowest BCUT2D eigenvalue weighted by Gasteiger charge is -2.40. The standard InChI is InChI=1S/C26H24ClF4N5O2S/c1-16-14-35(9-10-36(16)24(38)19-7-2-3-8-20(19)28)22-12-21(27)33-25(34-22)39-15-23(37)32-13-17-5-4-6-18(11-17)26(29,30)31/h2-8,11-12,16H,9-10,13-15H2,1H3,(H,32,37). The minimum absolute atomic E-state index is 0.0212. The van der Waals surface area contributed by atoms with Crippen molar-refractivity contribution in [2.24, 2.45) is 0 Å².